The first kappa shape index (κ1) is 27.7. The number of nitrogens with zero attached hydrogens (tertiary/aromatic N) is 4. The van der Waals surface area contributed by atoms with Gasteiger partial charge in [-0.25, -0.2) is 4.98 Å². The Morgan fingerprint density at radius 1 is 1.00 bits per heavy atom. The van der Waals surface area contributed by atoms with Crippen molar-refractivity contribution in [2.24, 2.45) is 0 Å². The molecule has 2 rings (SSSR count). The molecule has 0 fully saturated rings. The number of fused-ring (bicyclic) bond motifs is 1. The second-order valence-electron chi connectivity index (χ2n) is 9.82. The van der Waals surface area contributed by atoms with Gasteiger partial charge in [-0.3, -0.25) is 14.2 Å². The Morgan fingerprint density at radius 3 is 2.09 bits per heavy atom. The van der Waals surface area contributed by atoms with Gasteiger partial charge in [0.1, 0.15) is 34.3 Å². The van der Waals surface area contributed by atoms with E-state index >= 15 is 0 Å². The van der Waals surface area contributed by atoms with Crippen LogP contribution in [0.25, 0.3) is 11.2 Å². The second-order valence-corrected chi connectivity index (χ2v) is 19.0. The molecule has 0 aliphatic heterocycles. The minimum Gasteiger partial charge on any atom is -0.530 e. The summed E-state index contributed by atoms with van der Waals surface area (Å²) in [5.74, 6) is 0.207. The van der Waals surface area contributed by atoms with E-state index in [1.54, 1.807) is 24.7 Å². The van der Waals surface area contributed by atoms with Crippen LogP contribution in [0.1, 0.15) is 26.7 Å². The Labute approximate surface area is 202 Å². The van der Waals surface area contributed by atoms with Gasteiger partial charge in [-0.05, 0) is 19.6 Å². The molecule has 2 heterocycles. The molecule has 0 unspecified atom stereocenters. The van der Waals surface area contributed by atoms with Gasteiger partial charge in [-0.1, -0.05) is 33.5 Å². The normalized spacial score (nSPS) is 12.1. The van der Waals surface area contributed by atoms with Gasteiger partial charge in [0.2, 0.25) is 20.1 Å². The maximum absolute atomic E-state index is 11.6. The van der Waals surface area contributed by atoms with Crippen LogP contribution in [0.3, 0.4) is 0 Å². The summed E-state index contributed by atoms with van der Waals surface area (Å²) in [5, 5.41) is 0. The van der Waals surface area contributed by atoms with Crippen LogP contribution in [0.4, 0.5) is 5.95 Å². The molecule has 34 heavy (non-hydrogen) atoms. The zero-order chi connectivity index (χ0) is 25.5. The highest BCUT2D eigenvalue weighted by atomic mass is 28.4. The number of nitrogens with one attached hydrogen (secondary N) is 1. The van der Waals surface area contributed by atoms with Gasteiger partial charge in [0.25, 0.3) is 0 Å². The Hall–Kier alpha value is -2.52. The summed E-state index contributed by atoms with van der Waals surface area (Å²) in [6, 6.07) is 0. The third kappa shape index (κ3) is 9.02. The van der Waals surface area contributed by atoms with Crippen LogP contribution in [0.2, 0.25) is 39.3 Å². The fraction of sp³-hybridized carbons (Fsp3) is 0.667. The first-order chi connectivity index (χ1) is 15.8. The maximum Gasteiger partial charge on any atom is 0.305 e. The van der Waals surface area contributed by atoms with E-state index in [1.807, 2.05) is 0 Å². The number of ether oxygens (including phenoxy) is 3. The Morgan fingerprint density at radius 2 is 1.59 bits per heavy atom. The maximum atomic E-state index is 11.6. The quantitative estimate of drug-likeness (QED) is 0.313. The molecule has 0 radical (unpaired) electrons. The highest BCUT2D eigenvalue weighted by Gasteiger charge is 2.24. The third-order valence-corrected chi connectivity index (χ3v) is 5.99. The van der Waals surface area contributed by atoms with Gasteiger partial charge in [0.15, 0.2) is 11.2 Å². The van der Waals surface area contributed by atoms with E-state index in [1.165, 1.54) is 0 Å². The van der Waals surface area contributed by atoms with E-state index < -0.39 is 22.7 Å². The number of imidazole rings is 1. The molecular weight excluding hydrogens is 477 g/mol. The van der Waals surface area contributed by atoms with E-state index in [2.05, 4.69) is 59.2 Å². The van der Waals surface area contributed by atoms with Crippen molar-refractivity contribution in [1.82, 2.24) is 19.5 Å². The summed E-state index contributed by atoms with van der Waals surface area (Å²) in [7, 11) is -3.69. The van der Waals surface area contributed by atoms with Crippen LogP contribution in [0.15, 0.2) is 6.33 Å². The van der Waals surface area contributed by atoms with Crippen molar-refractivity contribution in [3.63, 3.8) is 0 Å². The fourth-order valence-corrected chi connectivity index (χ4v) is 4.18. The van der Waals surface area contributed by atoms with Crippen LogP contribution >= 0.6 is 0 Å². The number of carbonyl (C=O) groups excluding carboxylic acids is 2. The third-order valence-electron chi connectivity index (χ3n) is 4.21. The lowest BCUT2D eigenvalue weighted by Crippen LogP contribution is -2.34. The molecule has 0 saturated carbocycles. The van der Waals surface area contributed by atoms with Crippen molar-refractivity contribution in [3.05, 3.63) is 6.33 Å². The van der Waals surface area contributed by atoms with Crippen LogP contribution in [0, 0.1) is 0 Å². The predicted molar refractivity (Wildman–Crippen MR) is 134 cm³/mol. The molecular formula is C21H37N5O6Si2. The average Bonchev–Trinajstić information content (AvgIpc) is 3.13. The number of anilines is 1. The van der Waals surface area contributed by atoms with Crippen LogP contribution < -0.4 is 9.41 Å². The molecule has 0 saturated heterocycles. The minimum atomic E-state index is -1.96. The second kappa shape index (κ2) is 11.8. The molecule has 0 amide bonds. The van der Waals surface area contributed by atoms with Crippen LogP contribution in [-0.4, -0.2) is 67.3 Å². The van der Waals surface area contributed by atoms with Gasteiger partial charge in [0, 0.05) is 12.8 Å². The van der Waals surface area contributed by atoms with Crippen molar-refractivity contribution in [3.8, 4) is 5.88 Å². The standard InChI is InChI=1S/C21H37N5O6Si2/c1-9-16(27)29-11-15(12-30-17(28)10-2)31-14-26-13-22-18-19(26)23-21(25-33(3,4)5)24-20(18)32-34(6,7)8/h13,15H,9-12,14H2,1-8H3,(H,23,24,25)/i13+1,22+1,26+1. The summed E-state index contributed by atoms with van der Waals surface area (Å²) in [6.07, 6.45) is 1.46. The van der Waals surface area contributed by atoms with E-state index in [4.69, 9.17) is 18.6 Å². The van der Waals surface area contributed by atoms with Gasteiger partial charge < -0.3 is 23.6 Å². The summed E-state index contributed by atoms with van der Waals surface area (Å²) >= 11 is 0. The number of rotatable bonds is 13. The summed E-state index contributed by atoms with van der Waals surface area (Å²) in [4.78, 5) is 40.3. The number of carbonyl (C=O) groups is 2. The first-order valence-electron chi connectivity index (χ1n) is 11.4. The molecule has 11 nitrogen and oxygen atoms in total. The van der Waals surface area contributed by atoms with Gasteiger partial charge in [0.05, 0.1) is 6.33 Å². The minimum absolute atomic E-state index is 0.0301. The average molecular weight is 515 g/mol. The SMILES string of the molecule is CCC(=O)OCC(COC(=O)CC)OC[15n]1[13cH][15n]c2c(O[Si](C)(C)C)nc(N[Si](C)(C)C)nc21. The highest BCUT2D eigenvalue weighted by molar-refractivity contribution is 6.79. The lowest BCUT2D eigenvalue weighted by Gasteiger charge is -2.22. The van der Waals surface area contributed by atoms with Gasteiger partial charge >= 0.3 is 11.9 Å². The number of hydrogen-bond acceptors (Lipinski definition) is 10. The topological polar surface area (TPSA) is 127 Å². The molecule has 0 aliphatic carbocycles. The lowest BCUT2D eigenvalue weighted by atomic mass is 10.4. The zero-order valence-corrected chi connectivity index (χ0v) is 23.4. The van der Waals surface area contributed by atoms with Crippen molar-refractivity contribution in [2.75, 3.05) is 18.2 Å². The van der Waals surface area contributed by atoms with Crippen molar-refractivity contribution < 1.29 is 28.2 Å². The van der Waals surface area contributed by atoms with E-state index in [0.29, 0.717) is 23.0 Å². The summed E-state index contributed by atoms with van der Waals surface area (Å²) in [5.41, 5.74) is 1.09. The van der Waals surface area contributed by atoms with Gasteiger partial charge in [-0.15, -0.1) is 0 Å². The van der Waals surface area contributed by atoms with E-state index in [-0.39, 0.29) is 44.7 Å². The van der Waals surface area contributed by atoms with Crippen molar-refractivity contribution >= 4 is 45.6 Å². The molecule has 0 atom stereocenters. The molecule has 13 heteroatoms. The monoisotopic (exact) mass is 514 g/mol. The molecule has 2 aromatic rings. The summed E-state index contributed by atoms with van der Waals surface area (Å²) < 4.78 is 24.2. The van der Waals surface area contributed by atoms with Gasteiger partial charge in [-0.2, -0.15) is 9.97 Å². The van der Waals surface area contributed by atoms with E-state index in [9.17, 15) is 9.59 Å². The molecule has 1 N–H and O–H groups in total. The van der Waals surface area contributed by atoms with Crippen LogP contribution in [-0.2, 0) is 30.5 Å². The Balaban J connectivity index is 2.29. The highest BCUT2D eigenvalue weighted by Crippen LogP contribution is 2.26. The molecule has 0 aromatic carbocycles. The smallest absolute Gasteiger partial charge is 0.305 e. The predicted octanol–water partition coefficient (Wildman–Crippen LogP) is 3.54. The largest absolute Gasteiger partial charge is 0.530 e. The molecule has 0 spiro atoms. The fourth-order valence-electron chi connectivity index (χ4n) is 2.67. The zero-order valence-electron chi connectivity index (χ0n) is 21.4. The molecule has 190 valence electrons. The molecule has 0 aliphatic rings. The molecule has 0 bridgehead atoms. The van der Waals surface area contributed by atoms with Crippen LogP contribution in [0.5, 0.6) is 5.88 Å². The lowest BCUT2D eigenvalue weighted by molar-refractivity contribution is -0.157. The van der Waals surface area contributed by atoms with Crippen molar-refractivity contribution in [2.45, 2.75) is 78.8 Å². The Bertz CT molecular complexity index is 966. The Kier molecular flexibility index (Phi) is 9.58. The molecule has 2 aromatic heterocycles. The first-order valence-corrected chi connectivity index (χ1v) is 18.3. The van der Waals surface area contributed by atoms with Crippen molar-refractivity contribution in [1.29, 1.82) is 0 Å². The van der Waals surface area contributed by atoms with E-state index in [0.717, 1.165) is 0 Å². The number of esters is 2. The summed E-state index contributed by atoms with van der Waals surface area (Å²) in [6.45, 7) is 16.1. The number of hydrogen-bond donors (Lipinski definition) is 1. The number of aromatic nitrogens is 4.